The predicted octanol–water partition coefficient (Wildman–Crippen LogP) is 2.15. The van der Waals surface area contributed by atoms with Crippen LogP contribution in [0.5, 0.6) is 0 Å². The van der Waals surface area contributed by atoms with Crippen molar-refractivity contribution in [1.29, 1.82) is 5.26 Å². The van der Waals surface area contributed by atoms with Crippen LogP contribution in [-0.4, -0.2) is 24.2 Å². The number of halogens is 1. The molecule has 0 amide bonds. The van der Waals surface area contributed by atoms with Crippen molar-refractivity contribution in [2.45, 2.75) is 12.3 Å². The SMILES string of the molecule is COC(=O)c1cccc(C#N)c1C(=O)C(C)Cl. The molecule has 88 valence electrons. The minimum atomic E-state index is -0.812. The molecule has 0 heterocycles. The fourth-order valence-corrected chi connectivity index (χ4v) is 1.50. The number of ether oxygens (including phenoxy) is 1. The van der Waals surface area contributed by atoms with Gasteiger partial charge in [0.15, 0.2) is 5.78 Å². The number of esters is 1. The molecule has 5 heteroatoms. The van der Waals surface area contributed by atoms with Crippen molar-refractivity contribution in [2.24, 2.45) is 0 Å². The molecule has 0 fully saturated rings. The average Bonchev–Trinajstić information content (AvgIpc) is 2.35. The summed E-state index contributed by atoms with van der Waals surface area (Å²) in [5, 5.41) is 8.12. The summed E-state index contributed by atoms with van der Waals surface area (Å²) >= 11 is 5.70. The molecule has 1 unspecified atom stereocenters. The Morgan fingerprint density at radius 1 is 1.47 bits per heavy atom. The van der Waals surface area contributed by atoms with E-state index in [1.165, 1.54) is 32.2 Å². The van der Waals surface area contributed by atoms with Gasteiger partial charge < -0.3 is 4.74 Å². The van der Waals surface area contributed by atoms with Crippen LogP contribution in [0.4, 0.5) is 0 Å². The van der Waals surface area contributed by atoms with E-state index in [0.29, 0.717) is 0 Å². The number of carbonyl (C=O) groups is 2. The number of ketones is 1. The molecule has 0 saturated carbocycles. The lowest BCUT2D eigenvalue weighted by Crippen LogP contribution is -2.18. The second kappa shape index (κ2) is 5.46. The van der Waals surface area contributed by atoms with Crippen molar-refractivity contribution in [3.63, 3.8) is 0 Å². The van der Waals surface area contributed by atoms with E-state index in [2.05, 4.69) is 4.74 Å². The molecule has 1 atom stereocenters. The number of benzene rings is 1. The monoisotopic (exact) mass is 251 g/mol. The first kappa shape index (κ1) is 13.2. The molecule has 0 spiro atoms. The Hall–Kier alpha value is -1.86. The van der Waals surface area contributed by atoms with Crippen LogP contribution in [0.3, 0.4) is 0 Å². The molecule has 1 rings (SSSR count). The van der Waals surface area contributed by atoms with Crippen LogP contribution in [0.1, 0.15) is 33.2 Å². The van der Waals surface area contributed by atoms with E-state index in [0.717, 1.165) is 0 Å². The highest BCUT2D eigenvalue weighted by Gasteiger charge is 2.24. The third kappa shape index (κ3) is 2.63. The van der Waals surface area contributed by atoms with E-state index in [9.17, 15) is 9.59 Å². The average molecular weight is 252 g/mol. The highest BCUT2D eigenvalue weighted by atomic mass is 35.5. The van der Waals surface area contributed by atoms with Gasteiger partial charge in [0.25, 0.3) is 0 Å². The van der Waals surface area contributed by atoms with Crippen LogP contribution < -0.4 is 0 Å². The summed E-state index contributed by atoms with van der Waals surface area (Å²) in [6.45, 7) is 1.49. The van der Waals surface area contributed by atoms with Crippen LogP contribution >= 0.6 is 11.6 Å². The molecule has 4 nitrogen and oxygen atoms in total. The van der Waals surface area contributed by atoms with Crippen LogP contribution in [0.25, 0.3) is 0 Å². The molecule has 0 bridgehead atoms. The number of Topliss-reactive ketones (excluding diaryl/α,β-unsaturated/α-hetero) is 1. The van der Waals surface area contributed by atoms with Gasteiger partial charge in [0, 0.05) is 0 Å². The molecule has 1 aromatic carbocycles. The van der Waals surface area contributed by atoms with E-state index in [4.69, 9.17) is 16.9 Å². The topological polar surface area (TPSA) is 67.2 Å². The van der Waals surface area contributed by atoms with E-state index >= 15 is 0 Å². The first-order valence-electron chi connectivity index (χ1n) is 4.82. The quantitative estimate of drug-likeness (QED) is 0.469. The second-order valence-corrected chi connectivity index (χ2v) is 3.97. The minimum absolute atomic E-state index is 0.0179. The Morgan fingerprint density at radius 3 is 2.59 bits per heavy atom. The van der Waals surface area contributed by atoms with Crippen molar-refractivity contribution in [1.82, 2.24) is 0 Å². The summed E-state index contributed by atoms with van der Waals surface area (Å²) in [4.78, 5) is 23.4. The molecule has 0 saturated heterocycles. The Balaban J connectivity index is 3.47. The molecule has 0 aliphatic heterocycles. The fourth-order valence-electron chi connectivity index (χ4n) is 1.39. The summed E-state index contributed by atoms with van der Waals surface area (Å²) in [6, 6.07) is 6.26. The first-order chi connectivity index (χ1) is 8.02. The fraction of sp³-hybridized carbons (Fsp3) is 0.250. The number of alkyl halides is 1. The van der Waals surface area contributed by atoms with Gasteiger partial charge in [0.2, 0.25) is 0 Å². The predicted molar refractivity (Wildman–Crippen MR) is 62.1 cm³/mol. The Labute approximate surface area is 104 Å². The van der Waals surface area contributed by atoms with Gasteiger partial charge in [-0.3, -0.25) is 4.79 Å². The molecular weight excluding hydrogens is 242 g/mol. The van der Waals surface area contributed by atoms with Gasteiger partial charge in [-0.05, 0) is 19.1 Å². The number of rotatable bonds is 3. The molecule has 0 radical (unpaired) electrons. The number of nitriles is 1. The van der Waals surface area contributed by atoms with Crippen molar-refractivity contribution in [3.8, 4) is 6.07 Å². The van der Waals surface area contributed by atoms with Crippen LogP contribution in [-0.2, 0) is 4.74 Å². The zero-order valence-corrected chi connectivity index (χ0v) is 10.1. The maximum absolute atomic E-state index is 11.9. The minimum Gasteiger partial charge on any atom is -0.465 e. The standard InChI is InChI=1S/C12H10ClNO3/c1-7(13)11(15)10-8(6-14)4-3-5-9(10)12(16)17-2/h3-5,7H,1-2H3. The lowest BCUT2D eigenvalue weighted by atomic mass is 9.96. The Kier molecular flexibility index (Phi) is 4.24. The van der Waals surface area contributed by atoms with Crippen molar-refractivity contribution in [3.05, 3.63) is 34.9 Å². The van der Waals surface area contributed by atoms with Gasteiger partial charge in [0.1, 0.15) is 0 Å². The number of hydrogen-bond donors (Lipinski definition) is 0. The highest BCUT2D eigenvalue weighted by molar-refractivity contribution is 6.34. The normalized spacial score (nSPS) is 11.4. The van der Waals surface area contributed by atoms with Crippen LogP contribution in [0, 0.1) is 11.3 Å². The van der Waals surface area contributed by atoms with Crippen molar-refractivity contribution < 1.29 is 14.3 Å². The van der Waals surface area contributed by atoms with E-state index < -0.39 is 17.1 Å². The van der Waals surface area contributed by atoms with Crippen LogP contribution in [0.2, 0.25) is 0 Å². The Morgan fingerprint density at radius 2 is 2.12 bits per heavy atom. The van der Waals surface area contributed by atoms with Gasteiger partial charge in [-0.2, -0.15) is 5.26 Å². The third-order valence-corrected chi connectivity index (χ3v) is 2.40. The molecule has 0 aliphatic carbocycles. The number of hydrogen-bond acceptors (Lipinski definition) is 4. The van der Waals surface area contributed by atoms with E-state index in [-0.39, 0.29) is 16.7 Å². The number of nitrogens with zero attached hydrogens (tertiary/aromatic N) is 1. The van der Waals surface area contributed by atoms with E-state index in [1.807, 2.05) is 6.07 Å². The molecule has 0 aliphatic rings. The zero-order chi connectivity index (χ0) is 13.0. The van der Waals surface area contributed by atoms with E-state index in [1.54, 1.807) is 0 Å². The summed E-state index contributed by atoms with van der Waals surface area (Å²) < 4.78 is 4.56. The molecular formula is C12H10ClNO3. The van der Waals surface area contributed by atoms with Crippen molar-refractivity contribution in [2.75, 3.05) is 7.11 Å². The van der Waals surface area contributed by atoms with Gasteiger partial charge in [-0.15, -0.1) is 11.6 Å². The van der Waals surface area contributed by atoms with Gasteiger partial charge in [0.05, 0.1) is 35.2 Å². The second-order valence-electron chi connectivity index (χ2n) is 3.31. The van der Waals surface area contributed by atoms with Gasteiger partial charge >= 0.3 is 5.97 Å². The van der Waals surface area contributed by atoms with Gasteiger partial charge in [-0.25, -0.2) is 4.79 Å². The molecule has 17 heavy (non-hydrogen) atoms. The summed E-state index contributed by atoms with van der Waals surface area (Å²) in [7, 11) is 1.21. The largest absolute Gasteiger partial charge is 0.465 e. The maximum atomic E-state index is 11.9. The first-order valence-corrected chi connectivity index (χ1v) is 5.26. The van der Waals surface area contributed by atoms with Gasteiger partial charge in [-0.1, -0.05) is 6.07 Å². The summed E-state index contributed by atoms with van der Waals surface area (Å²) in [5.74, 6) is -1.13. The maximum Gasteiger partial charge on any atom is 0.338 e. The molecule has 1 aromatic rings. The smallest absolute Gasteiger partial charge is 0.338 e. The number of carbonyl (C=O) groups excluding carboxylic acids is 2. The zero-order valence-electron chi connectivity index (χ0n) is 9.36. The Bertz CT molecular complexity index is 503. The number of methoxy groups -OCH3 is 1. The molecule has 0 aromatic heterocycles. The van der Waals surface area contributed by atoms with Crippen LogP contribution in [0.15, 0.2) is 18.2 Å². The third-order valence-electron chi connectivity index (χ3n) is 2.20. The van der Waals surface area contributed by atoms with Crippen molar-refractivity contribution >= 4 is 23.4 Å². The lowest BCUT2D eigenvalue weighted by Gasteiger charge is -2.09. The lowest BCUT2D eigenvalue weighted by molar-refractivity contribution is 0.0597. The highest BCUT2D eigenvalue weighted by Crippen LogP contribution is 2.19. The summed E-state index contributed by atoms with van der Waals surface area (Å²) in [5.41, 5.74) is 0.193. The molecule has 0 N–H and O–H groups in total. The summed E-state index contributed by atoms with van der Waals surface area (Å²) in [6.07, 6.45) is 0.